The molecule has 0 aliphatic carbocycles. The fourth-order valence-corrected chi connectivity index (χ4v) is 3.19. The van der Waals surface area contributed by atoms with Gasteiger partial charge in [-0.15, -0.1) is 11.3 Å². The predicted molar refractivity (Wildman–Crippen MR) is 93.2 cm³/mol. The molecular weight excluding hydrogens is 384 g/mol. The molecule has 0 spiro atoms. The molecule has 4 nitrogen and oxygen atoms in total. The molecule has 1 aromatic heterocycles. The molecular formula is C18H12F4N2O2S. The van der Waals surface area contributed by atoms with Gasteiger partial charge in [0.15, 0.2) is 0 Å². The second-order valence-corrected chi connectivity index (χ2v) is 6.71. The van der Waals surface area contributed by atoms with Crippen LogP contribution >= 0.6 is 11.3 Å². The number of aromatic nitrogens is 1. The number of nitrogens with one attached hydrogen (secondary N) is 1. The van der Waals surface area contributed by atoms with E-state index in [0.29, 0.717) is 16.3 Å². The van der Waals surface area contributed by atoms with Crippen molar-refractivity contribution in [2.45, 2.75) is 12.7 Å². The van der Waals surface area contributed by atoms with Gasteiger partial charge in [0.1, 0.15) is 10.8 Å². The van der Waals surface area contributed by atoms with E-state index in [4.69, 9.17) is 5.11 Å². The number of aromatic carboxylic acids is 1. The molecule has 0 unspecified atom stereocenters. The molecule has 0 atom stereocenters. The summed E-state index contributed by atoms with van der Waals surface area (Å²) in [6, 6.07) is 8.09. The van der Waals surface area contributed by atoms with Crippen molar-refractivity contribution in [3.05, 3.63) is 70.5 Å². The van der Waals surface area contributed by atoms with E-state index in [0.717, 1.165) is 23.1 Å². The van der Waals surface area contributed by atoms with Crippen LogP contribution in [0, 0.1) is 5.82 Å². The van der Waals surface area contributed by atoms with Gasteiger partial charge >= 0.3 is 12.1 Å². The Morgan fingerprint density at radius 2 is 1.85 bits per heavy atom. The van der Waals surface area contributed by atoms with E-state index in [2.05, 4.69) is 10.3 Å². The molecule has 3 aromatic rings. The van der Waals surface area contributed by atoms with E-state index in [1.807, 2.05) is 0 Å². The Morgan fingerprint density at radius 1 is 1.15 bits per heavy atom. The summed E-state index contributed by atoms with van der Waals surface area (Å²) in [6.45, 7) is 0.265. The Morgan fingerprint density at radius 3 is 2.48 bits per heavy atom. The van der Waals surface area contributed by atoms with Gasteiger partial charge in [-0.05, 0) is 30.3 Å². The minimum atomic E-state index is -4.39. The van der Waals surface area contributed by atoms with Crippen molar-refractivity contribution in [1.82, 2.24) is 4.98 Å². The molecule has 3 rings (SSSR count). The van der Waals surface area contributed by atoms with Crippen molar-refractivity contribution in [2.24, 2.45) is 0 Å². The smallest absolute Gasteiger partial charge is 0.416 e. The molecule has 0 saturated carbocycles. The van der Waals surface area contributed by atoms with Crippen LogP contribution in [0.4, 0.5) is 23.2 Å². The summed E-state index contributed by atoms with van der Waals surface area (Å²) in [7, 11) is 0. The number of carboxylic acids is 1. The number of nitrogens with zero attached hydrogens (tertiary/aromatic N) is 1. The first-order chi connectivity index (χ1) is 12.7. The fraction of sp³-hybridized carbons (Fsp3) is 0.111. The third-order valence-electron chi connectivity index (χ3n) is 3.62. The van der Waals surface area contributed by atoms with Gasteiger partial charge in [0.2, 0.25) is 0 Å². The zero-order valence-corrected chi connectivity index (χ0v) is 14.4. The lowest BCUT2D eigenvalue weighted by atomic mass is 10.1. The first kappa shape index (κ1) is 18.8. The van der Waals surface area contributed by atoms with E-state index in [-0.39, 0.29) is 12.1 Å². The average molecular weight is 396 g/mol. The molecule has 0 bridgehead atoms. The molecule has 0 amide bonds. The minimum absolute atomic E-state index is 0.174. The zero-order valence-electron chi connectivity index (χ0n) is 13.5. The molecule has 0 fully saturated rings. The molecule has 1 heterocycles. The molecule has 0 aliphatic heterocycles. The summed E-state index contributed by atoms with van der Waals surface area (Å²) < 4.78 is 51.3. The standard InChI is InChI=1S/C18H12F4N2O2S/c19-13-5-11(17(25)26)6-14(7-13)23-8-15-9-24-16(27-15)10-1-3-12(4-2-10)18(20,21)22/h1-7,9,23H,8H2,(H,25,26). The van der Waals surface area contributed by atoms with E-state index >= 15 is 0 Å². The highest BCUT2D eigenvalue weighted by molar-refractivity contribution is 7.15. The van der Waals surface area contributed by atoms with Crippen LogP contribution in [0.5, 0.6) is 0 Å². The first-order valence-electron chi connectivity index (χ1n) is 7.62. The average Bonchev–Trinajstić information content (AvgIpc) is 3.08. The predicted octanol–water partition coefficient (Wildman–Crippen LogP) is 5.28. The summed E-state index contributed by atoms with van der Waals surface area (Å²) in [6.07, 6.45) is -2.83. The lowest BCUT2D eigenvalue weighted by Crippen LogP contribution is -2.03. The normalized spacial score (nSPS) is 11.4. The summed E-state index contributed by atoms with van der Waals surface area (Å²) in [5.74, 6) is -1.91. The monoisotopic (exact) mass is 396 g/mol. The number of rotatable bonds is 5. The lowest BCUT2D eigenvalue weighted by Gasteiger charge is -2.06. The number of thiazole rings is 1. The number of alkyl halides is 3. The number of benzene rings is 2. The van der Waals surface area contributed by atoms with E-state index in [1.54, 1.807) is 6.20 Å². The van der Waals surface area contributed by atoms with E-state index in [1.165, 1.54) is 35.6 Å². The van der Waals surface area contributed by atoms with Gasteiger partial charge in [-0.1, -0.05) is 12.1 Å². The summed E-state index contributed by atoms with van der Waals surface area (Å²) in [4.78, 5) is 15.9. The van der Waals surface area contributed by atoms with E-state index in [9.17, 15) is 22.4 Å². The van der Waals surface area contributed by atoms with Crippen LogP contribution in [0.25, 0.3) is 10.6 Å². The van der Waals surface area contributed by atoms with Crippen LogP contribution in [0.15, 0.2) is 48.7 Å². The Hall–Kier alpha value is -2.94. The van der Waals surface area contributed by atoms with Gasteiger partial charge in [-0.2, -0.15) is 13.2 Å². The maximum Gasteiger partial charge on any atom is 0.416 e. The number of halogens is 4. The molecule has 2 aromatic carbocycles. The number of hydrogen-bond acceptors (Lipinski definition) is 4. The maximum atomic E-state index is 13.5. The first-order valence-corrected chi connectivity index (χ1v) is 8.44. The van der Waals surface area contributed by atoms with Gasteiger partial charge in [-0.25, -0.2) is 14.2 Å². The number of carboxylic acid groups (broad SMARTS) is 1. The molecule has 140 valence electrons. The second kappa shape index (κ2) is 7.36. The summed E-state index contributed by atoms with van der Waals surface area (Å²) >= 11 is 1.27. The quantitative estimate of drug-likeness (QED) is 0.576. The molecule has 0 radical (unpaired) electrons. The van der Waals surface area contributed by atoms with Gasteiger partial charge in [-0.3, -0.25) is 0 Å². The van der Waals surface area contributed by atoms with Crippen molar-refractivity contribution < 1.29 is 27.5 Å². The highest BCUT2D eigenvalue weighted by Crippen LogP contribution is 2.32. The van der Waals surface area contributed by atoms with Gasteiger partial charge < -0.3 is 10.4 Å². The largest absolute Gasteiger partial charge is 0.478 e. The van der Waals surface area contributed by atoms with Gasteiger partial charge in [0, 0.05) is 22.3 Å². The molecule has 27 heavy (non-hydrogen) atoms. The van der Waals surface area contributed by atoms with Gasteiger partial charge in [0.25, 0.3) is 0 Å². The van der Waals surface area contributed by atoms with Gasteiger partial charge in [0.05, 0.1) is 17.7 Å². The SMILES string of the molecule is O=C(O)c1cc(F)cc(NCc2cnc(-c3ccc(C(F)(F)F)cc3)s2)c1. The molecule has 2 N–H and O–H groups in total. The van der Waals surface area contributed by atoms with Crippen LogP contribution in [0.3, 0.4) is 0 Å². The molecule has 0 saturated heterocycles. The topological polar surface area (TPSA) is 62.2 Å². The Balaban J connectivity index is 1.71. The number of hydrogen-bond donors (Lipinski definition) is 2. The lowest BCUT2D eigenvalue weighted by molar-refractivity contribution is -0.137. The van der Waals surface area contributed by atoms with Crippen LogP contribution in [-0.4, -0.2) is 16.1 Å². The van der Waals surface area contributed by atoms with Crippen molar-refractivity contribution in [3.8, 4) is 10.6 Å². The Bertz CT molecular complexity index is 968. The zero-order chi connectivity index (χ0) is 19.6. The maximum absolute atomic E-state index is 13.5. The van der Waals surface area contributed by atoms with Crippen molar-refractivity contribution in [2.75, 3.05) is 5.32 Å². The Labute approximate surface area is 155 Å². The third-order valence-corrected chi connectivity index (χ3v) is 4.67. The molecule has 0 aliphatic rings. The number of carbonyl (C=O) groups is 1. The summed E-state index contributed by atoms with van der Waals surface area (Å²) in [5.41, 5.74) is -0.0488. The third kappa shape index (κ3) is 4.62. The summed E-state index contributed by atoms with van der Waals surface area (Å²) in [5, 5.41) is 12.4. The van der Waals surface area contributed by atoms with Crippen molar-refractivity contribution in [1.29, 1.82) is 0 Å². The minimum Gasteiger partial charge on any atom is -0.478 e. The van der Waals surface area contributed by atoms with Crippen LogP contribution < -0.4 is 5.32 Å². The van der Waals surface area contributed by atoms with Crippen LogP contribution in [0.2, 0.25) is 0 Å². The highest BCUT2D eigenvalue weighted by Gasteiger charge is 2.30. The molecule has 9 heteroatoms. The highest BCUT2D eigenvalue weighted by atomic mass is 32.1. The van der Waals surface area contributed by atoms with Crippen molar-refractivity contribution >= 4 is 23.0 Å². The van der Waals surface area contributed by atoms with Crippen molar-refractivity contribution in [3.63, 3.8) is 0 Å². The van der Waals surface area contributed by atoms with E-state index < -0.39 is 23.5 Å². The van der Waals surface area contributed by atoms with Crippen LogP contribution in [-0.2, 0) is 12.7 Å². The van der Waals surface area contributed by atoms with Crippen LogP contribution in [0.1, 0.15) is 20.8 Å². The number of anilines is 1. The fourth-order valence-electron chi connectivity index (χ4n) is 2.33. The Kier molecular flexibility index (Phi) is 5.13. The second-order valence-electron chi connectivity index (χ2n) is 5.59.